The third kappa shape index (κ3) is 5.65. The molecule has 7 heteroatoms. The number of carbonyl (C=O) groups is 2. The molecule has 1 heterocycles. The van der Waals surface area contributed by atoms with Crippen LogP contribution in [-0.4, -0.2) is 27.8 Å². The average molecular weight is 378 g/mol. The van der Waals surface area contributed by atoms with Crippen molar-refractivity contribution < 1.29 is 9.59 Å². The molecule has 1 aromatic heterocycles. The van der Waals surface area contributed by atoms with Crippen molar-refractivity contribution in [1.29, 1.82) is 0 Å². The summed E-state index contributed by atoms with van der Waals surface area (Å²) in [6.45, 7) is 1.45. The fraction of sp³-hybridized carbons (Fsp3) is 0.100. The van der Waals surface area contributed by atoms with E-state index in [0.717, 1.165) is 11.3 Å². The number of aromatic nitrogens is 2. The van der Waals surface area contributed by atoms with Gasteiger partial charge in [0.05, 0.1) is 11.4 Å². The van der Waals surface area contributed by atoms with Crippen LogP contribution in [0.3, 0.4) is 0 Å². The summed E-state index contributed by atoms with van der Waals surface area (Å²) in [5, 5.41) is 14.5. The summed E-state index contributed by atoms with van der Waals surface area (Å²) in [4.78, 5) is 23.1. The lowest BCUT2D eigenvalue weighted by Crippen LogP contribution is -2.14. The highest BCUT2D eigenvalue weighted by Gasteiger charge is 2.06. The number of hydrogen-bond acceptors (Lipinski definition) is 5. The van der Waals surface area contributed by atoms with Gasteiger partial charge < -0.3 is 10.6 Å². The molecule has 136 valence electrons. The molecule has 0 aliphatic heterocycles. The predicted molar refractivity (Wildman–Crippen MR) is 108 cm³/mol. The second-order valence-corrected chi connectivity index (χ2v) is 6.71. The van der Waals surface area contributed by atoms with Gasteiger partial charge in [-0.1, -0.05) is 42.1 Å². The Morgan fingerprint density at radius 1 is 0.852 bits per heavy atom. The molecule has 2 aromatic carbocycles. The van der Waals surface area contributed by atoms with Crippen molar-refractivity contribution in [2.24, 2.45) is 0 Å². The standard InChI is InChI=1S/C20H18N4O2S/c1-14(25)21-16-7-9-17(10-8-16)22-19(26)13-27-20-12-11-18(23-24-20)15-5-3-2-4-6-15/h2-12H,13H2,1H3,(H,21,25)(H,22,26). The number of amides is 2. The van der Waals surface area contributed by atoms with Gasteiger partial charge >= 0.3 is 0 Å². The third-order valence-corrected chi connectivity index (χ3v) is 4.47. The Kier molecular flexibility index (Phi) is 6.17. The van der Waals surface area contributed by atoms with Gasteiger partial charge in [-0.25, -0.2) is 0 Å². The largest absolute Gasteiger partial charge is 0.326 e. The van der Waals surface area contributed by atoms with Gasteiger partial charge in [0.15, 0.2) is 0 Å². The Balaban J connectivity index is 1.51. The number of carbonyl (C=O) groups excluding carboxylic acids is 2. The first-order chi connectivity index (χ1) is 13.1. The van der Waals surface area contributed by atoms with Crippen LogP contribution >= 0.6 is 11.8 Å². The summed E-state index contributed by atoms with van der Waals surface area (Å²) in [6.07, 6.45) is 0. The number of nitrogens with zero attached hydrogens (tertiary/aromatic N) is 2. The molecular weight excluding hydrogens is 360 g/mol. The van der Waals surface area contributed by atoms with E-state index in [-0.39, 0.29) is 17.6 Å². The highest BCUT2D eigenvalue weighted by Crippen LogP contribution is 2.20. The van der Waals surface area contributed by atoms with E-state index in [1.807, 2.05) is 42.5 Å². The zero-order valence-electron chi connectivity index (χ0n) is 14.7. The monoisotopic (exact) mass is 378 g/mol. The molecule has 0 unspecified atom stereocenters. The first-order valence-electron chi connectivity index (χ1n) is 8.29. The summed E-state index contributed by atoms with van der Waals surface area (Å²) in [7, 11) is 0. The summed E-state index contributed by atoms with van der Waals surface area (Å²) in [6, 6.07) is 20.5. The number of nitrogens with one attached hydrogen (secondary N) is 2. The normalized spacial score (nSPS) is 10.3. The van der Waals surface area contributed by atoms with Crippen LogP contribution in [0, 0.1) is 0 Å². The molecule has 0 radical (unpaired) electrons. The summed E-state index contributed by atoms with van der Waals surface area (Å²) < 4.78 is 0. The predicted octanol–water partition coefficient (Wildman–Crippen LogP) is 3.83. The van der Waals surface area contributed by atoms with Crippen LogP contribution in [0.2, 0.25) is 0 Å². The smallest absolute Gasteiger partial charge is 0.234 e. The molecule has 0 saturated carbocycles. The van der Waals surface area contributed by atoms with Crippen LogP contribution < -0.4 is 10.6 Å². The maximum Gasteiger partial charge on any atom is 0.234 e. The van der Waals surface area contributed by atoms with Crippen LogP contribution in [0.5, 0.6) is 0 Å². The summed E-state index contributed by atoms with van der Waals surface area (Å²) in [5.41, 5.74) is 3.15. The molecule has 27 heavy (non-hydrogen) atoms. The van der Waals surface area contributed by atoms with E-state index in [4.69, 9.17) is 0 Å². The lowest BCUT2D eigenvalue weighted by molar-refractivity contribution is -0.114. The van der Waals surface area contributed by atoms with Crippen molar-refractivity contribution in [3.05, 3.63) is 66.7 Å². The zero-order valence-corrected chi connectivity index (χ0v) is 15.5. The van der Waals surface area contributed by atoms with E-state index in [1.54, 1.807) is 24.3 Å². The molecule has 0 aliphatic rings. The first kappa shape index (κ1) is 18.6. The minimum atomic E-state index is -0.138. The Morgan fingerprint density at radius 2 is 1.52 bits per heavy atom. The molecule has 0 bridgehead atoms. The maximum atomic E-state index is 12.1. The van der Waals surface area contributed by atoms with Gasteiger partial charge in [-0.2, -0.15) is 0 Å². The van der Waals surface area contributed by atoms with Gasteiger partial charge in [0, 0.05) is 23.9 Å². The molecule has 0 fully saturated rings. The lowest BCUT2D eigenvalue weighted by Gasteiger charge is -2.07. The van der Waals surface area contributed by atoms with Crippen molar-refractivity contribution in [1.82, 2.24) is 10.2 Å². The van der Waals surface area contributed by atoms with E-state index in [9.17, 15) is 9.59 Å². The third-order valence-electron chi connectivity index (χ3n) is 3.55. The SMILES string of the molecule is CC(=O)Nc1ccc(NC(=O)CSc2ccc(-c3ccccc3)nn2)cc1. The molecule has 0 spiro atoms. The van der Waals surface area contributed by atoms with E-state index in [1.165, 1.54) is 18.7 Å². The zero-order chi connectivity index (χ0) is 19.1. The van der Waals surface area contributed by atoms with Gasteiger partial charge in [-0.15, -0.1) is 10.2 Å². The van der Waals surface area contributed by atoms with Gasteiger partial charge in [0.25, 0.3) is 0 Å². The number of anilines is 2. The van der Waals surface area contributed by atoms with Gasteiger partial charge in [0.1, 0.15) is 5.03 Å². The van der Waals surface area contributed by atoms with Crippen molar-refractivity contribution in [2.75, 3.05) is 16.4 Å². The molecule has 3 rings (SSSR count). The van der Waals surface area contributed by atoms with Crippen molar-refractivity contribution in [3.63, 3.8) is 0 Å². The summed E-state index contributed by atoms with van der Waals surface area (Å²) in [5.74, 6) is -0.0453. The topological polar surface area (TPSA) is 84.0 Å². The highest BCUT2D eigenvalue weighted by atomic mass is 32.2. The van der Waals surface area contributed by atoms with Gasteiger partial charge in [-0.05, 0) is 36.4 Å². The molecule has 2 amide bonds. The van der Waals surface area contributed by atoms with E-state index in [0.29, 0.717) is 16.4 Å². The summed E-state index contributed by atoms with van der Waals surface area (Å²) >= 11 is 1.32. The van der Waals surface area contributed by atoms with E-state index >= 15 is 0 Å². The minimum Gasteiger partial charge on any atom is -0.326 e. The molecule has 0 aliphatic carbocycles. The number of benzene rings is 2. The Labute approximate surface area is 161 Å². The molecule has 0 saturated heterocycles. The Hall–Kier alpha value is -3.19. The number of hydrogen-bond donors (Lipinski definition) is 2. The van der Waals surface area contributed by atoms with Crippen LogP contribution in [0.1, 0.15) is 6.92 Å². The molecule has 6 nitrogen and oxygen atoms in total. The second-order valence-electron chi connectivity index (χ2n) is 5.72. The minimum absolute atomic E-state index is 0.137. The van der Waals surface area contributed by atoms with Crippen LogP contribution in [0.4, 0.5) is 11.4 Å². The van der Waals surface area contributed by atoms with E-state index < -0.39 is 0 Å². The first-order valence-corrected chi connectivity index (χ1v) is 9.28. The highest BCUT2D eigenvalue weighted by molar-refractivity contribution is 7.99. The van der Waals surface area contributed by atoms with Crippen molar-refractivity contribution in [3.8, 4) is 11.3 Å². The fourth-order valence-electron chi connectivity index (χ4n) is 2.34. The maximum absolute atomic E-state index is 12.1. The molecular formula is C20H18N4O2S. The van der Waals surface area contributed by atoms with Crippen LogP contribution in [-0.2, 0) is 9.59 Å². The Morgan fingerprint density at radius 3 is 2.11 bits per heavy atom. The molecule has 2 N–H and O–H groups in total. The average Bonchev–Trinajstić information content (AvgIpc) is 2.69. The second kappa shape index (κ2) is 8.95. The van der Waals surface area contributed by atoms with Crippen LogP contribution in [0.25, 0.3) is 11.3 Å². The van der Waals surface area contributed by atoms with Crippen molar-refractivity contribution >= 4 is 35.0 Å². The van der Waals surface area contributed by atoms with E-state index in [2.05, 4.69) is 20.8 Å². The number of thioether (sulfide) groups is 1. The number of rotatable bonds is 6. The lowest BCUT2D eigenvalue weighted by atomic mass is 10.1. The van der Waals surface area contributed by atoms with Gasteiger partial charge in [-0.3, -0.25) is 9.59 Å². The quantitative estimate of drug-likeness (QED) is 0.637. The van der Waals surface area contributed by atoms with Gasteiger partial charge in [0.2, 0.25) is 11.8 Å². The molecule has 3 aromatic rings. The van der Waals surface area contributed by atoms with Crippen molar-refractivity contribution in [2.45, 2.75) is 11.9 Å². The molecule has 0 atom stereocenters. The fourth-order valence-corrected chi connectivity index (χ4v) is 2.95. The van der Waals surface area contributed by atoms with Crippen LogP contribution in [0.15, 0.2) is 71.8 Å². The Bertz CT molecular complexity index is 913.